The third kappa shape index (κ3) is 3.64. The van der Waals surface area contributed by atoms with Gasteiger partial charge < -0.3 is 14.8 Å². The van der Waals surface area contributed by atoms with E-state index in [1.54, 1.807) is 0 Å². The van der Waals surface area contributed by atoms with Crippen LogP contribution in [-0.4, -0.2) is 38.9 Å². The summed E-state index contributed by atoms with van der Waals surface area (Å²) in [5.74, 6) is 0.431. The van der Waals surface area contributed by atoms with Crippen LogP contribution in [-0.2, 0) is 14.3 Å². The Labute approximate surface area is 85.0 Å². The van der Waals surface area contributed by atoms with E-state index in [2.05, 4.69) is 17.0 Å². The minimum Gasteiger partial charge on any atom is -0.469 e. The second-order valence-electron chi connectivity index (χ2n) is 3.65. The molecule has 2 unspecified atom stereocenters. The molecule has 1 heterocycles. The Hall–Kier alpha value is -0.610. The summed E-state index contributed by atoms with van der Waals surface area (Å²) in [4.78, 5) is 10.8. The van der Waals surface area contributed by atoms with E-state index in [-0.39, 0.29) is 5.97 Å². The monoisotopic (exact) mass is 201 g/mol. The van der Waals surface area contributed by atoms with Gasteiger partial charge in [-0.1, -0.05) is 0 Å². The van der Waals surface area contributed by atoms with Gasteiger partial charge in [0.2, 0.25) is 0 Å². The van der Waals surface area contributed by atoms with Crippen LogP contribution in [0.3, 0.4) is 0 Å². The zero-order valence-electron chi connectivity index (χ0n) is 8.91. The highest BCUT2D eigenvalue weighted by molar-refractivity contribution is 5.69. The molecule has 0 aromatic rings. The van der Waals surface area contributed by atoms with Gasteiger partial charge in [0.15, 0.2) is 0 Å². The molecular weight excluding hydrogens is 182 g/mol. The first kappa shape index (κ1) is 11.5. The first-order chi connectivity index (χ1) is 6.74. The highest BCUT2D eigenvalue weighted by Gasteiger charge is 2.23. The molecule has 0 radical (unpaired) electrons. The van der Waals surface area contributed by atoms with Gasteiger partial charge in [0, 0.05) is 19.7 Å². The molecule has 0 spiro atoms. The molecule has 82 valence electrons. The van der Waals surface area contributed by atoms with Crippen molar-refractivity contribution < 1.29 is 14.3 Å². The molecule has 1 aliphatic heterocycles. The van der Waals surface area contributed by atoms with E-state index in [0.29, 0.717) is 25.0 Å². The summed E-state index contributed by atoms with van der Waals surface area (Å²) in [6.07, 6.45) is 1.91. The van der Waals surface area contributed by atoms with Crippen molar-refractivity contribution in [1.29, 1.82) is 0 Å². The van der Waals surface area contributed by atoms with Crippen molar-refractivity contribution in [2.45, 2.75) is 25.9 Å². The van der Waals surface area contributed by atoms with Crippen LogP contribution in [0.15, 0.2) is 0 Å². The summed E-state index contributed by atoms with van der Waals surface area (Å²) in [5, 5.41) is 3.24. The summed E-state index contributed by atoms with van der Waals surface area (Å²) in [7, 11) is 1.41. The van der Waals surface area contributed by atoms with Crippen LogP contribution in [0.25, 0.3) is 0 Å². The molecule has 4 heteroatoms. The van der Waals surface area contributed by atoms with Crippen molar-refractivity contribution in [3.05, 3.63) is 0 Å². The lowest BCUT2D eigenvalue weighted by molar-refractivity contribution is -0.140. The molecule has 0 bridgehead atoms. The molecule has 1 aliphatic rings. The normalized spacial score (nSPS) is 26.4. The minimum absolute atomic E-state index is 0.159. The molecule has 0 aromatic carbocycles. The first-order valence-corrected chi connectivity index (χ1v) is 5.13. The molecule has 1 rings (SSSR count). The van der Waals surface area contributed by atoms with Gasteiger partial charge in [0.1, 0.15) is 0 Å². The number of carbonyl (C=O) groups excluding carboxylic acids is 1. The van der Waals surface area contributed by atoms with Crippen LogP contribution in [0.1, 0.15) is 19.8 Å². The Morgan fingerprint density at radius 1 is 1.64 bits per heavy atom. The predicted octanol–water partition coefficient (Wildman–Crippen LogP) is 0.564. The van der Waals surface area contributed by atoms with Gasteiger partial charge in [-0.2, -0.15) is 0 Å². The number of carbonyl (C=O) groups is 1. The summed E-state index contributed by atoms with van der Waals surface area (Å²) in [6.45, 7) is 4.58. The van der Waals surface area contributed by atoms with E-state index in [9.17, 15) is 4.79 Å². The van der Waals surface area contributed by atoms with Crippen molar-refractivity contribution in [2.75, 3.05) is 26.8 Å². The van der Waals surface area contributed by atoms with Crippen molar-refractivity contribution >= 4 is 5.97 Å². The number of rotatable bonds is 5. The zero-order valence-corrected chi connectivity index (χ0v) is 8.91. The van der Waals surface area contributed by atoms with E-state index >= 15 is 0 Å². The van der Waals surface area contributed by atoms with Crippen molar-refractivity contribution in [1.82, 2.24) is 5.32 Å². The Morgan fingerprint density at radius 2 is 2.43 bits per heavy atom. The van der Waals surface area contributed by atoms with Crippen molar-refractivity contribution in [2.24, 2.45) is 5.92 Å². The van der Waals surface area contributed by atoms with Crippen molar-refractivity contribution in [3.63, 3.8) is 0 Å². The van der Waals surface area contributed by atoms with Gasteiger partial charge in [-0.3, -0.25) is 4.79 Å². The predicted molar refractivity (Wildman–Crippen MR) is 53.0 cm³/mol. The molecule has 0 aliphatic carbocycles. The van der Waals surface area contributed by atoms with E-state index in [4.69, 9.17) is 4.74 Å². The van der Waals surface area contributed by atoms with Crippen molar-refractivity contribution in [3.8, 4) is 0 Å². The molecule has 1 N–H and O–H groups in total. The van der Waals surface area contributed by atoms with Crippen LogP contribution in [0, 0.1) is 5.92 Å². The SMILES string of the molecule is COC(=O)CCNCC1CCOC1C. The Kier molecular flexibility index (Phi) is 4.90. The average molecular weight is 201 g/mol. The van der Waals surface area contributed by atoms with Crippen LogP contribution in [0.2, 0.25) is 0 Å². The quantitative estimate of drug-likeness (QED) is 0.521. The minimum atomic E-state index is -0.159. The summed E-state index contributed by atoms with van der Waals surface area (Å²) < 4.78 is 9.97. The van der Waals surface area contributed by atoms with Crippen LogP contribution in [0.4, 0.5) is 0 Å². The fourth-order valence-electron chi connectivity index (χ4n) is 1.62. The number of ether oxygens (including phenoxy) is 2. The number of methoxy groups -OCH3 is 1. The summed E-state index contributed by atoms with van der Waals surface area (Å²) in [5.41, 5.74) is 0. The number of esters is 1. The fraction of sp³-hybridized carbons (Fsp3) is 0.900. The first-order valence-electron chi connectivity index (χ1n) is 5.13. The number of hydrogen-bond acceptors (Lipinski definition) is 4. The zero-order chi connectivity index (χ0) is 10.4. The highest BCUT2D eigenvalue weighted by atomic mass is 16.5. The standard InChI is InChI=1S/C10H19NO3/c1-8-9(4-6-14-8)7-11-5-3-10(12)13-2/h8-9,11H,3-7H2,1-2H3. The maximum absolute atomic E-state index is 10.8. The molecule has 0 saturated carbocycles. The Bertz CT molecular complexity index is 184. The third-order valence-electron chi connectivity index (χ3n) is 2.67. The van der Waals surface area contributed by atoms with Crippen LogP contribution >= 0.6 is 0 Å². The Morgan fingerprint density at radius 3 is 3.00 bits per heavy atom. The molecule has 4 nitrogen and oxygen atoms in total. The molecule has 1 saturated heterocycles. The second kappa shape index (κ2) is 5.98. The smallest absolute Gasteiger partial charge is 0.306 e. The molecule has 14 heavy (non-hydrogen) atoms. The second-order valence-corrected chi connectivity index (χ2v) is 3.65. The fourth-order valence-corrected chi connectivity index (χ4v) is 1.62. The van der Waals surface area contributed by atoms with Gasteiger partial charge in [0.25, 0.3) is 0 Å². The maximum atomic E-state index is 10.8. The molecule has 0 aromatic heterocycles. The topological polar surface area (TPSA) is 47.6 Å². The maximum Gasteiger partial charge on any atom is 0.306 e. The largest absolute Gasteiger partial charge is 0.469 e. The van der Waals surface area contributed by atoms with Gasteiger partial charge in [-0.15, -0.1) is 0 Å². The lowest BCUT2D eigenvalue weighted by Gasteiger charge is -2.14. The van der Waals surface area contributed by atoms with Gasteiger partial charge in [-0.05, 0) is 19.3 Å². The van der Waals surface area contributed by atoms with E-state index in [0.717, 1.165) is 19.6 Å². The lowest BCUT2D eigenvalue weighted by Crippen LogP contribution is -2.28. The van der Waals surface area contributed by atoms with E-state index in [1.165, 1.54) is 7.11 Å². The summed E-state index contributed by atoms with van der Waals surface area (Å²) in [6, 6.07) is 0. The van der Waals surface area contributed by atoms with Gasteiger partial charge in [0.05, 0.1) is 19.6 Å². The molecule has 1 fully saturated rings. The highest BCUT2D eigenvalue weighted by Crippen LogP contribution is 2.18. The Balaban J connectivity index is 2.01. The van der Waals surface area contributed by atoms with Gasteiger partial charge in [-0.25, -0.2) is 0 Å². The third-order valence-corrected chi connectivity index (χ3v) is 2.67. The van der Waals surface area contributed by atoms with E-state index in [1.807, 2.05) is 0 Å². The van der Waals surface area contributed by atoms with Gasteiger partial charge >= 0.3 is 5.97 Å². The molecule has 0 amide bonds. The molecule has 2 atom stereocenters. The molecular formula is C10H19NO3. The van der Waals surface area contributed by atoms with Crippen LogP contribution in [0.5, 0.6) is 0 Å². The van der Waals surface area contributed by atoms with Crippen LogP contribution < -0.4 is 5.32 Å². The average Bonchev–Trinajstić information content (AvgIpc) is 2.58. The number of nitrogens with one attached hydrogen (secondary N) is 1. The number of hydrogen-bond donors (Lipinski definition) is 1. The summed E-state index contributed by atoms with van der Waals surface area (Å²) >= 11 is 0. The van der Waals surface area contributed by atoms with E-state index < -0.39 is 0 Å². The lowest BCUT2D eigenvalue weighted by atomic mass is 10.0.